The minimum atomic E-state index is -0.146. The lowest BCUT2D eigenvalue weighted by molar-refractivity contribution is 0.0774. The van der Waals surface area contributed by atoms with E-state index in [-0.39, 0.29) is 17.7 Å². The van der Waals surface area contributed by atoms with Gasteiger partial charge in [-0.15, -0.1) is 0 Å². The number of fused-ring (bicyclic) bond motifs is 2. The zero-order valence-corrected chi connectivity index (χ0v) is 22.2. The molecule has 0 unspecified atom stereocenters. The van der Waals surface area contributed by atoms with E-state index in [1.807, 2.05) is 36.2 Å². The Balaban J connectivity index is 1.25. The summed E-state index contributed by atoms with van der Waals surface area (Å²) in [6, 6.07) is 16.0. The van der Waals surface area contributed by atoms with Crippen LogP contribution >= 0.6 is 11.6 Å². The molecule has 0 saturated carbocycles. The van der Waals surface area contributed by atoms with Gasteiger partial charge < -0.3 is 19.1 Å². The first-order chi connectivity index (χ1) is 18.5. The van der Waals surface area contributed by atoms with Gasteiger partial charge in [-0.1, -0.05) is 41.9 Å². The number of hydrogen-bond acceptors (Lipinski definition) is 6. The van der Waals surface area contributed by atoms with Gasteiger partial charge in [0.25, 0.3) is 5.91 Å². The number of ketones is 1. The van der Waals surface area contributed by atoms with Gasteiger partial charge in [-0.3, -0.25) is 14.6 Å². The molecule has 3 aromatic rings. The molecule has 0 aromatic heterocycles. The highest BCUT2D eigenvalue weighted by Gasteiger charge is 2.32. The number of hydrogen-bond donors (Lipinski definition) is 0. The van der Waals surface area contributed by atoms with Crippen LogP contribution in [0, 0.1) is 6.92 Å². The molecule has 0 aliphatic carbocycles. The van der Waals surface area contributed by atoms with Crippen LogP contribution in [0.15, 0.2) is 59.6 Å². The fraction of sp³-hybridized carbons (Fsp3) is 0.300. The summed E-state index contributed by atoms with van der Waals surface area (Å²) < 4.78 is 17.6. The summed E-state index contributed by atoms with van der Waals surface area (Å²) in [4.78, 5) is 32.6. The SMILES string of the molecule is COc1cc2c(cc1OCCCOc1c(C)cc(Cl)cc1C(=O)c1ccccc1)N=C[C@@H]1CCCN1C2=O. The number of nitrogens with zero attached hydrogens (tertiary/aromatic N) is 2. The maximum absolute atomic E-state index is 13.1. The van der Waals surface area contributed by atoms with Crippen molar-refractivity contribution in [1.29, 1.82) is 0 Å². The van der Waals surface area contributed by atoms with Gasteiger partial charge in [0, 0.05) is 35.8 Å². The number of aryl methyl sites for hydroxylation is 1. The van der Waals surface area contributed by atoms with Crippen LogP contribution < -0.4 is 14.2 Å². The maximum atomic E-state index is 13.1. The van der Waals surface area contributed by atoms with Crippen molar-refractivity contribution in [2.75, 3.05) is 26.9 Å². The summed E-state index contributed by atoms with van der Waals surface area (Å²) in [6.45, 7) is 3.28. The number of aliphatic imine (C=N–C) groups is 1. The van der Waals surface area contributed by atoms with Gasteiger partial charge in [-0.2, -0.15) is 0 Å². The first kappa shape index (κ1) is 25.8. The zero-order valence-electron chi connectivity index (χ0n) is 21.4. The lowest BCUT2D eigenvalue weighted by atomic mass is 10.0. The Morgan fingerprint density at radius 3 is 2.66 bits per heavy atom. The van der Waals surface area contributed by atoms with E-state index in [9.17, 15) is 9.59 Å². The second-order valence-electron chi connectivity index (χ2n) is 9.35. The van der Waals surface area contributed by atoms with Crippen LogP contribution in [0.2, 0.25) is 5.02 Å². The molecule has 1 saturated heterocycles. The van der Waals surface area contributed by atoms with Gasteiger partial charge in [0.05, 0.1) is 43.2 Å². The van der Waals surface area contributed by atoms with Crippen LogP contribution in [0.1, 0.15) is 51.1 Å². The smallest absolute Gasteiger partial charge is 0.256 e. The Hall–Kier alpha value is -3.84. The van der Waals surface area contributed by atoms with Crippen molar-refractivity contribution >= 4 is 35.2 Å². The average Bonchev–Trinajstić information content (AvgIpc) is 3.36. The number of rotatable bonds is 9. The molecule has 3 aromatic carbocycles. The molecule has 1 atom stereocenters. The van der Waals surface area contributed by atoms with Gasteiger partial charge in [0.2, 0.25) is 0 Å². The van der Waals surface area contributed by atoms with Crippen LogP contribution in [0.3, 0.4) is 0 Å². The highest BCUT2D eigenvalue weighted by Crippen LogP contribution is 2.38. The number of carbonyl (C=O) groups excluding carboxylic acids is 2. The Bertz CT molecular complexity index is 1390. The first-order valence-corrected chi connectivity index (χ1v) is 13.1. The second-order valence-corrected chi connectivity index (χ2v) is 9.79. The monoisotopic (exact) mass is 532 g/mol. The van der Waals surface area contributed by atoms with Gasteiger partial charge in [-0.05, 0) is 43.5 Å². The standard InChI is InChI=1S/C30H29ClN2O5/c1-19-14-21(31)15-24(28(34)20-8-4-3-5-9-20)29(19)38-13-7-12-37-27-17-25-23(16-26(27)36-2)30(35)33-11-6-10-22(33)18-32-25/h3-5,8-9,14-18,22H,6-7,10-13H2,1-2H3/t22-/m0/s1. The second kappa shape index (κ2) is 11.3. The van der Waals surface area contributed by atoms with E-state index < -0.39 is 0 Å². The van der Waals surface area contributed by atoms with Crippen molar-refractivity contribution in [3.63, 3.8) is 0 Å². The summed E-state index contributed by atoms with van der Waals surface area (Å²) in [5.41, 5.74) is 2.88. The van der Waals surface area contributed by atoms with Crippen molar-refractivity contribution < 1.29 is 23.8 Å². The van der Waals surface area contributed by atoms with E-state index in [0.29, 0.717) is 64.3 Å². The van der Waals surface area contributed by atoms with Crippen LogP contribution in [-0.4, -0.2) is 55.7 Å². The summed E-state index contributed by atoms with van der Waals surface area (Å²) in [5, 5.41) is 0.481. The van der Waals surface area contributed by atoms with Crippen LogP contribution in [0.25, 0.3) is 0 Å². The number of methoxy groups -OCH3 is 1. The van der Waals surface area contributed by atoms with Crippen LogP contribution in [0.5, 0.6) is 17.2 Å². The maximum Gasteiger partial charge on any atom is 0.256 e. The third-order valence-electron chi connectivity index (χ3n) is 6.77. The summed E-state index contributed by atoms with van der Waals surface area (Å²) in [6.07, 6.45) is 4.31. The van der Waals surface area contributed by atoms with E-state index in [0.717, 1.165) is 24.9 Å². The molecule has 1 amide bonds. The minimum Gasteiger partial charge on any atom is -0.493 e. The molecule has 38 heavy (non-hydrogen) atoms. The van der Waals surface area contributed by atoms with Gasteiger partial charge in [-0.25, -0.2) is 0 Å². The van der Waals surface area contributed by atoms with E-state index >= 15 is 0 Å². The van der Waals surface area contributed by atoms with E-state index in [4.69, 9.17) is 25.8 Å². The number of carbonyl (C=O) groups is 2. The van der Waals surface area contributed by atoms with Gasteiger partial charge in [0.15, 0.2) is 17.3 Å². The topological polar surface area (TPSA) is 77.4 Å². The lowest BCUT2D eigenvalue weighted by Gasteiger charge is -2.20. The number of ether oxygens (including phenoxy) is 3. The fourth-order valence-electron chi connectivity index (χ4n) is 4.87. The van der Waals surface area contributed by atoms with E-state index in [2.05, 4.69) is 4.99 Å². The number of amides is 1. The molecule has 2 heterocycles. The molecule has 8 heteroatoms. The number of halogens is 1. The fourth-order valence-corrected chi connectivity index (χ4v) is 5.14. The molecule has 196 valence electrons. The highest BCUT2D eigenvalue weighted by atomic mass is 35.5. The molecule has 7 nitrogen and oxygen atoms in total. The summed E-state index contributed by atoms with van der Waals surface area (Å²) in [7, 11) is 1.55. The van der Waals surface area contributed by atoms with E-state index in [1.54, 1.807) is 43.5 Å². The molecule has 0 bridgehead atoms. The summed E-state index contributed by atoms with van der Waals surface area (Å²) >= 11 is 6.26. The first-order valence-electron chi connectivity index (χ1n) is 12.7. The molecule has 2 aliphatic rings. The van der Waals surface area contributed by atoms with Crippen molar-refractivity contribution in [3.8, 4) is 17.2 Å². The third kappa shape index (κ3) is 5.24. The average molecular weight is 533 g/mol. The predicted molar refractivity (Wildman–Crippen MR) is 147 cm³/mol. The largest absolute Gasteiger partial charge is 0.493 e. The molecule has 0 N–H and O–H groups in total. The molecular formula is C30H29ClN2O5. The van der Waals surface area contributed by atoms with Crippen LogP contribution in [-0.2, 0) is 0 Å². The molecule has 2 aliphatic heterocycles. The van der Waals surface area contributed by atoms with Crippen molar-refractivity contribution in [1.82, 2.24) is 4.90 Å². The molecular weight excluding hydrogens is 504 g/mol. The third-order valence-corrected chi connectivity index (χ3v) is 6.99. The Labute approximate surface area is 227 Å². The Morgan fingerprint density at radius 2 is 1.87 bits per heavy atom. The van der Waals surface area contributed by atoms with Gasteiger partial charge in [0.1, 0.15) is 5.75 Å². The van der Waals surface area contributed by atoms with Crippen LogP contribution in [0.4, 0.5) is 5.69 Å². The minimum absolute atomic E-state index is 0.0301. The Kier molecular flexibility index (Phi) is 7.65. The van der Waals surface area contributed by atoms with Crippen molar-refractivity contribution in [2.24, 2.45) is 4.99 Å². The van der Waals surface area contributed by atoms with E-state index in [1.165, 1.54) is 0 Å². The highest BCUT2D eigenvalue weighted by molar-refractivity contribution is 6.31. The lowest BCUT2D eigenvalue weighted by Crippen LogP contribution is -2.35. The molecule has 0 radical (unpaired) electrons. The number of benzene rings is 3. The van der Waals surface area contributed by atoms with Gasteiger partial charge >= 0.3 is 0 Å². The molecule has 5 rings (SSSR count). The predicted octanol–water partition coefficient (Wildman–Crippen LogP) is 6.06. The zero-order chi connectivity index (χ0) is 26.6. The normalized spacial score (nSPS) is 16.0. The quantitative estimate of drug-likeness (QED) is 0.247. The molecule has 1 fully saturated rings. The molecule has 0 spiro atoms. The van der Waals surface area contributed by atoms with Crippen molar-refractivity contribution in [2.45, 2.75) is 32.2 Å². The van der Waals surface area contributed by atoms with Crippen molar-refractivity contribution in [3.05, 3.63) is 81.9 Å². The Morgan fingerprint density at radius 1 is 1.08 bits per heavy atom. The summed E-state index contributed by atoms with van der Waals surface area (Å²) in [5.74, 6) is 1.33.